The molecule has 0 aromatic heterocycles. The molecule has 0 spiro atoms. The first-order valence-corrected chi connectivity index (χ1v) is 4.60. The Kier molecular flexibility index (Phi) is 2.04. The summed E-state index contributed by atoms with van der Waals surface area (Å²) in [6, 6.07) is 4.06. The number of carbonyl (C=O) groups excluding carboxylic acids is 1. The van der Waals surface area contributed by atoms with E-state index in [-0.39, 0.29) is 5.91 Å². The zero-order chi connectivity index (χ0) is 10.3. The van der Waals surface area contributed by atoms with Crippen molar-refractivity contribution in [1.29, 1.82) is 0 Å². The molecule has 1 aliphatic heterocycles. The Morgan fingerprint density at radius 2 is 1.93 bits per heavy atom. The molecule has 3 heteroatoms. The van der Waals surface area contributed by atoms with Crippen LogP contribution in [0.3, 0.4) is 0 Å². The number of amides is 1. The Balaban J connectivity index is 2.54. The lowest BCUT2D eigenvalue weighted by atomic mass is 10.0. The number of carbonyl (C=O) groups is 1. The van der Waals surface area contributed by atoms with Crippen LogP contribution in [0.15, 0.2) is 12.1 Å². The van der Waals surface area contributed by atoms with Gasteiger partial charge in [-0.25, -0.2) is 0 Å². The van der Waals surface area contributed by atoms with Crippen LogP contribution >= 0.6 is 0 Å². The number of nitrogens with zero attached hydrogens (tertiary/aromatic N) is 1. The summed E-state index contributed by atoms with van der Waals surface area (Å²) in [5.74, 6) is 0.00694. The molecular formula is C11H13NO2. The maximum Gasteiger partial charge on any atom is 0.255 e. The van der Waals surface area contributed by atoms with Gasteiger partial charge in [0.2, 0.25) is 0 Å². The number of hydroxylamine groups is 1. The van der Waals surface area contributed by atoms with Crippen LogP contribution in [-0.2, 0) is 16.1 Å². The molecule has 0 fully saturated rings. The van der Waals surface area contributed by atoms with Crippen molar-refractivity contribution in [2.24, 2.45) is 0 Å². The highest BCUT2D eigenvalue weighted by Gasteiger charge is 2.27. The van der Waals surface area contributed by atoms with Crippen molar-refractivity contribution in [3.8, 4) is 0 Å². The van der Waals surface area contributed by atoms with Crippen LogP contribution in [0.4, 0.5) is 5.69 Å². The van der Waals surface area contributed by atoms with E-state index in [0.29, 0.717) is 6.42 Å². The van der Waals surface area contributed by atoms with E-state index < -0.39 is 0 Å². The zero-order valence-corrected chi connectivity index (χ0v) is 8.63. The van der Waals surface area contributed by atoms with E-state index in [1.807, 2.05) is 13.0 Å². The monoisotopic (exact) mass is 191 g/mol. The minimum Gasteiger partial charge on any atom is -0.272 e. The van der Waals surface area contributed by atoms with Crippen LogP contribution in [-0.4, -0.2) is 13.0 Å². The van der Waals surface area contributed by atoms with Crippen molar-refractivity contribution in [2.45, 2.75) is 20.3 Å². The highest BCUT2D eigenvalue weighted by molar-refractivity contribution is 5.99. The molecule has 1 heterocycles. The van der Waals surface area contributed by atoms with Gasteiger partial charge in [0, 0.05) is 0 Å². The molecule has 1 aliphatic rings. The van der Waals surface area contributed by atoms with E-state index >= 15 is 0 Å². The van der Waals surface area contributed by atoms with Crippen molar-refractivity contribution in [2.75, 3.05) is 12.2 Å². The second-order valence-corrected chi connectivity index (χ2v) is 3.61. The second kappa shape index (κ2) is 3.10. The predicted octanol–water partition coefficient (Wildman–Crippen LogP) is 1.75. The fourth-order valence-corrected chi connectivity index (χ4v) is 1.76. The topological polar surface area (TPSA) is 29.5 Å². The smallest absolute Gasteiger partial charge is 0.255 e. The summed E-state index contributed by atoms with van der Waals surface area (Å²) >= 11 is 0. The molecule has 1 amide bonds. The van der Waals surface area contributed by atoms with Gasteiger partial charge in [-0.3, -0.25) is 9.63 Å². The van der Waals surface area contributed by atoms with Gasteiger partial charge in [0.05, 0.1) is 19.2 Å². The normalized spacial score (nSPS) is 14.8. The third kappa shape index (κ3) is 1.21. The molecule has 0 N–H and O–H groups in total. The van der Waals surface area contributed by atoms with Crippen LogP contribution in [0, 0.1) is 13.8 Å². The van der Waals surface area contributed by atoms with Crippen molar-refractivity contribution in [1.82, 2.24) is 0 Å². The van der Waals surface area contributed by atoms with Gasteiger partial charge >= 0.3 is 0 Å². The third-order valence-electron chi connectivity index (χ3n) is 2.66. The van der Waals surface area contributed by atoms with Gasteiger partial charge in [-0.1, -0.05) is 6.07 Å². The lowest BCUT2D eigenvalue weighted by Gasteiger charge is -2.14. The summed E-state index contributed by atoms with van der Waals surface area (Å²) in [6.45, 7) is 4.09. The largest absolute Gasteiger partial charge is 0.272 e. The summed E-state index contributed by atoms with van der Waals surface area (Å²) in [6.07, 6.45) is 0.449. The molecule has 14 heavy (non-hydrogen) atoms. The standard InChI is InChI=1S/C11H13NO2/c1-7-4-9-6-11(13)12(14-3)10(9)5-8(7)2/h4-5H,6H2,1-3H3. The first kappa shape index (κ1) is 9.21. The maximum atomic E-state index is 11.5. The number of hydrogen-bond donors (Lipinski definition) is 0. The molecule has 1 aromatic carbocycles. The van der Waals surface area contributed by atoms with E-state index in [1.165, 1.54) is 23.3 Å². The van der Waals surface area contributed by atoms with Gasteiger partial charge in [0.25, 0.3) is 5.91 Å². The minimum absolute atomic E-state index is 0.00694. The molecule has 0 unspecified atom stereocenters. The molecule has 0 radical (unpaired) electrons. The number of rotatable bonds is 1. The summed E-state index contributed by atoms with van der Waals surface area (Å²) < 4.78 is 0. The Bertz CT molecular complexity index is 399. The number of hydrogen-bond acceptors (Lipinski definition) is 2. The fourth-order valence-electron chi connectivity index (χ4n) is 1.76. The van der Waals surface area contributed by atoms with Gasteiger partial charge in [0.1, 0.15) is 0 Å². The van der Waals surface area contributed by atoms with E-state index in [1.54, 1.807) is 0 Å². The Morgan fingerprint density at radius 1 is 1.29 bits per heavy atom. The number of fused-ring (bicyclic) bond motifs is 1. The van der Waals surface area contributed by atoms with E-state index in [9.17, 15) is 4.79 Å². The molecule has 0 aliphatic carbocycles. The summed E-state index contributed by atoms with van der Waals surface area (Å²) in [5.41, 5.74) is 4.34. The minimum atomic E-state index is 0.00694. The molecule has 0 saturated heterocycles. The van der Waals surface area contributed by atoms with Crippen molar-refractivity contribution in [3.05, 3.63) is 28.8 Å². The van der Waals surface area contributed by atoms with Crippen molar-refractivity contribution < 1.29 is 9.63 Å². The van der Waals surface area contributed by atoms with Crippen LogP contribution in [0.1, 0.15) is 16.7 Å². The average Bonchev–Trinajstić information content (AvgIpc) is 2.42. The van der Waals surface area contributed by atoms with Gasteiger partial charge in [-0.15, -0.1) is 0 Å². The molecular weight excluding hydrogens is 178 g/mol. The van der Waals surface area contributed by atoms with E-state index in [4.69, 9.17) is 4.84 Å². The van der Waals surface area contributed by atoms with Crippen LogP contribution < -0.4 is 5.06 Å². The number of benzene rings is 1. The molecule has 3 nitrogen and oxygen atoms in total. The van der Waals surface area contributed by atoms with Crippen LogP contribution in [0.2, 0.25) is 0 Å². The fraction of sp³-hybridized carbons (Fsp3) is 0.364. The summed E-state index contributed by atoms with van der Waals surface area (Å²) in [4.78, 5) is 16.5. The zero-order valence-electron chi connectivity index (χ0n) is 8.63. The van der Waals surface area contributed by atoms with Gasteiger partial charge in [-0.2, -0.15) is 5.06 Å². The highest BCUT2D eigenvalue weighted by atomic mass is 16.7. The van der Waals surface area contributed by atoms with Gasteiger partial charge in [-0.05, 0) is 36.6 Å². The summed E-state index contributed by atoms with van der Waals surface area (Å²) in [5, 5.41) is 1.36. The highest BCUT2D eigenvalue weighted by Crippen LogP contribution is 2.31. The Hall–Kier alpha value is -1.35. The van der Waals surface area contributed by atoms with Gasteiger partial charge < -0.3 is 0 Å². The maximum absolute atomic E-state index is 11.5. The average molecular weight is 191 g/mol. The van der Waals surface area contributed by atoms with E-state index in [2.05, 4.69) is 13.0 Å². The molecule has 0 saturated carbocycles. The number of anilines is 1. The van der Waals surface area contributed by atoms with E-state index in [0.717, 1.165) is 11.3 Å². The molecule has 74 valence electrons. The molecule has 0 bridgehead atoms. The third-order valence-corrected chi connectivity index (χ3v) is 2.66. The molecule has 1 aromatic rings. The Morgan fingerprint density at radius 3 is 2.57 bits per heavy atom. The SMILES string of the molecule is CON1C(=O)Cc2cc(C)c(C)cc21. The lowest BCUT2D eigenvalue weighted by Crippen LogP contribution is -2.24. The predicted molar refractivity (Wildman–Crippen MR) is 54.1 cm³/mol. The number of aryl methyl sites for hydroxylation is 2. The molecule has 2 rings (SSSR count). The first-order chi connectivity index (χ1) is 6.63. The second-order valence-electron chi connectivity index (χ2n) is 3.61. The van der Waals surface area contributed by atoms with Crippen molar-refractivity contribution >= 4 is 11.6 Å². The van der Waals surface area contributed by atoms with Crippen LogP contribution in [0.25, 0.3) is 0 Å². The lowest BCUT2D eigenvalue weighted by molar-refractivity contribution is -0.123. The summed E-state index contributed by atoms with van der Waals surface area (Å²) in [7, 11) is 1.52. The Labute approximate surface area is 83.2 Å². The molecule has 0 atom stereocenters. The quantitative estimate of drug-likeness (QED) is 0.676. The first-order valence-electron chi connectivity index (χ1n) is 4.60. The van der Waals surface area contributed by atoms with Crippen LogP contribution in [0.5, 0.6) is 0 Å². The van der Waals surface area contributed by atoms with Crippen molar-refractivity contribution in [3.63, 3.8) is 0 Å². The van der Waals surface area contributed by atoms with Gasteiger partial charge in [0.15, 0.2) is 0 Å².